The van der Waals surface area contributed by atoms with Gasteiger partial charge in [0.15, 0.2) is 6.61 Å². The number of amides is 2. The number of carbonyl (C=O) groups excluding carboxylic acids is 2. The van der Waals surface area contributed by atoms with Crippen LogP contribution in [0.3, 0.4) is 0 Å². The number of hydrogen-bond acceptors (Lipinski definition) is 3. The minimum atomic E-state index is -0.210. The van der Waals surface area contributed by atoms with E-state index >= 15 is 0 Å². The molecule has 1 saturated carbocycles. The third-order valence-electron chi connectivity index (χ3n) is 4.56. The van der Waals surface area contributed by atoms with Crippen LogP contribution in [0.4, 0.5) is 11.4 Å². The normalized spacial score (nSPS) is 16.6. The smallest absolute Gasteiger partial charge is 0.265 e. The molecule has 0 spiro atoms. The number of aryl methyl sites for hydroxylation is 1. The molecular formula is C20H20N2O3. The Labute approximate surface area is 146 Å². The number of rotatable bonds is 4. The molecule has 128 valence electrons. The number of para-hydroxylation sites is 2. The van der Waals surface area contributed by atoms with Gasteiger partial charge in [-0.1, -0.05) is 24.3 Å². The van der Waals surface area contributed by atoms with Crippen LogP contribution in [-0.4, -0.2) is 31.0 Å². The quantitative estimate of drug-likeness (QED) is 0.862. The van der Waals surface area contributed by atoms with Gasteiger partial charge in [0, 0.05) is 6.04 Å². The second-order valence-corrected chi connectivity index (χ2v) is 6.57. The summed E-state index contributed by atoms with van der Waals surface area (Å²) in [6, 6.07) is 15.5. The highest BCUT2D eigenvalue weighted by Gasteiger charge is 2.40. The molecule has 2 amide bonds. The van der Waals surface area contributed by atoms with Crippen molar-refractivity contribution in [2.75, 3.05) is 23.0 Å². The first kappa shape index (κ1) is 15.7. The van der Waals surface area contributed by atoms with Gasteiger partial charge in [0.25, 0.3) is 5.91 Å². The Morgan fingerprint density at radius 3 is 2.60 bits per heavy atom. The summed E-state index contributed by atoms with van der Waals surface area (Å²) in [5, 5.41) is 0. The molecule has 5 nitrogen and oxygen atoms in total. The number of fused-ring (bicyclic) bond motifs is 1. The van der Waals surface area contributed by atoms with E-state index in [0.717, 1.165) is 29.8 Å². The average Bonchev–Trinajstić information content (AvgIpc) is 3.44. The Bertz CT molecular complexity index is 829. The number of carbonyl (C=O) groups is 2. The van der Waals surface area contributed by atoms with E-state index in [1.807, 2.05) is 60.4 Å². The zero-order chi connectivity index (χ0) is 17.4. The Balaban J connectivity index is 1.54. The van der Waals surface area contributed by atoms with E-state index in [1.165, 1.54) is 4.90 Å². The number of benzene rings is 2. The van der Waals surface area contributed by atoms with E-state index < -0.39 is 0 Å². The first-order valence-electron chi connectivity index (χ1n) is 8.54. The third kappa shape index (κ3) is 3.09. The molecule has 1 aliphatic heterocycles. The van der Waals surface area contributed by atoms with Gasteiger partial charge in [-0.25, -0.2) is 0 Å². The molecule has 0 aromatic heterocycles. The third-order valence-corrected chi connectivity index (χ3v) is 4.56. The molecule has 0 radical (unpaired) electrons. The maximum Gasteiger partial charge on any atom is 0.265 e. The Morgan fingerprint density at radius 2 is 1.88 bits per heavy atom. The molecule has 2 aromatic carbocycles. The predicted octanol–water partition coefficient (Wildman–Crippen LogP) is 2.92. The molecule has 1 fully saturated rings. The topological polar surface area (TPSA) is 49.9 Å². The molecule has 2 aliphatic rings. The molecule has 0 N–H and O–H groups in total. The van der Waals surface area contributed by atoms with E-state index in [4.69, 9.17) is 4.74 Å². The molecule has 5 heteroatoms. The summed E-state index contributed by atoms with van der Waals surface area (Å²) in [5.74, 6) is 0.424. The van der Waals surface area contributed by atoms with Gasteiger partial charge in [-0.05, 0) is 49.6 Å². The van der Waals surface area contributed by atoms with Crippen molar-refractivity contribution < 1.29 is 14.3 Å². The van der Waals surface area contributed by atoms with Gasteiger partial charge in [0.2, 0.25) is 5.91 Å². The van der Waals surface area contributed by atoms with Gasteiger partial charge in [-0.3, -0.25) is 14.5 Å². The van der Waals surface area contributed by atoms with Crippen LogP contribution < -0.4 is 14.5 Å². The highest BCUT2D eigenvalue weighted by molar-refractivity contribution is 6.11. The summed E-state index contributed by atoms with van der Waals surface area (Å²) in [7, 11) is 0. The zero-order valence-corrected chi connectivity index (χ0v) is 14.1. The van der Waals surface area contributed by atoms with Crippen LogP contribution in [0.1, 0.15) is 18.4 Å². The van der Waals surface area contributed by atoms with E-state index in [9.17, 15) is 9.59 Å². The van der Waals surface area contributed by atoms with Crippen LogP contribution in [0.5, 0.6) is 5.75 Å². The lowest BCUT2D eigenvalue weighted by molar-refractivity contribution is -0.124. The van der Waals surface area contributed by atoms with Gasteiger partial charge < -0.3 is 9.64 Å². The summed E-state index contributed by atoms with van der Waals surface area (Å²) >= 11 is 0. The maximum absolute atomic E-state index is 12.7. The van der Waals surface area contributed by atoms with Crippen LogP contribution >= 0.6 is 0 Å². The highest BCUT2D eigenvalue weighted by Crippen LogP contribution is 2.40. The van der Waals surface area contributed by atoms with Crippen molar-refractivity contribution in [1.29, 1.82) is 0 Å². The number of hydrogen-bond donors (Lipinski definition) is 0. The predicted molar refractivity (Wildman–Crippen MR) is 96.0 cm³/mol. The monoisotopic (exact) mass is 336 g/mol. The zero-order valence-electron chi connectivity index (χ0n) is 14.1. The Hall–Kier alpha value is -2.82. The summed E-state index contributed by atoms with van der Waals surface area (Å²) in [6.07, 6.45) is 2.06. The van der Waals surface area contributed by atoms with Crippen LogP contribution in [0.25, 0.3) is 0 Å². The molecule has 2 aromatic rings. The number of nitrogens with zero attached hydrogens (tertiary/aromatic N) is 2. The van der Waals surface area contributed by atoms with E-state index in [0.29, 0.717) is 5.75 Å². The fourth-order valence-corrected chi connectivity index (χ4v) is 3.21. The second kappa shape index (κ2) is 6.24. The standard InChI is InChI=1S/C20H20N2O3/c1-14-5-4-6-16(11-14)25-13-20(24)21-12-19(23)22(15-9-10-15)18-8-3-2-7-17(18)21/h2-8,11,15H,9-10,12-13H2,1H3. The molecule has 1 aliphatic carbocycles. The summed E-state index contributed by atoms with van der Waals surface area (Å²) in [4.78, 5) is 28.6. The van der Waals surface area contributed by atoms with Crippen LogP contribution in [0, 0.1) is 6.92 Å². The highest BCUT2D eigenvalue weighted by atomic mass is 16.5. The van der Waals surface area contributed by atoms with E-state index in [-0.39, 0.29) is 31.0 Å². The SMILES string of the molecule is Cc1cccc(OCC(=O)N2CC(=O)N(C3CC3)c3ccccc32)c1. The summed E-state index contributed by atoms with van der Waals surface area (Å²) < 4.78 is 5.62. The molecule has 0 saturated heterocycles. The van der Waals surface area contributed by atoms with E-state index in [2.05, 4.69) is 0 Å². The summed E-state index contributed by atoms with van der Waals surface area (Å²) in [6.45, 7) is 1.96. The molecule has 0 bridgehead atoms. The molecule has 25 heavy (non-hydrogen) atoms. The molecule has 1 heterocycles. The molecule has 0 unspecified atom stereocenters. The molecule has 4 rings (SSSR count). The number of ether oxygens (including phenoxy) is 1. The van der Waals surface area contributed by atoms with Crippen molar-refractivity contribution >= 4 is 23.2 Å². The van der Waals surface area contributed by atoms with Gasteiger partial charge in [0.05, 0.1) is 11.4 Å². The lowest BCUT2D eigenvalue weighted by Gasteiger charge is -2.36. The van der Waals surface area contributed by atoms with Crippen molar-refractivity contribution in [3.05, 3.63) is 54.1 Å². The van der Waals surface area contributed by atoms with Gasteiger partial charge in [0.1, 0.15) is 12.3 Å². The van der Waals surface area contributed by atoms with Crippen LogP contribution in [0.15, 0.2) is 48.5 Å². The van der Waals surface area contributed by atoms with Crippen molar-refractivity contribution in [2.24, 2.45) is 0 Å². The summed E-state index contributed by atoms with van der Waals surface area (Å²) in [5.41, 5.74) is 2.68. The molecular weight excluding hydrogens is 316 g/mol. The first-order valence-corrected chi connectivity index (χ1v) is 8.54. The van der Waals surface area contributed by atoms with Crippen LogP contribution in [-0.2, 0) is 9.59 Å². The maximum atomic E-state index is 12.7. The average molecular weight is 336 g/mol. The Morgan fingerprint density at radius 1 is 1.12 bits per heavy atom. The molecule has 0 atom stereocenters. The second-order valence-electron chi connectivity index (χ2n) is 6.57. The van der Waals surface area contributed by atoms with Crippen molar-refractivity contribution in [1.82, 2.24) is 0 Å². The van der Waals surface area contributed by atoms with Crippen molar-refractivity contribution in [3.63, 3.8) is 0 Å². The lowest BCUT2D eigenvalue weighted by atomic mass is 10.1. The van der Waals surface area contributed by atoms with Crippen LogP contribution in [0.2, 0.25) is 0 Å². The van der Waals surface area contributed by atoms with E-state index in [1.54, 1.807) is 0 Å². The first-order chi connectivity index (χ1) is 12.1. The minimum absolute atomic E-state index is 0.0231. The van der Waals surface area contributed by atoms with Crippen molar-refractivity contribution in [3.8, 4) is 5.75 Å². The van der Waals surface area contributed by atoms with Gasteiger partial charge >= 0.3 is 0 Å². The number of anilines is 2. The minimum Gasteiger partial charge on any atom is -0.484 e. The Kier molecular flexibility index (Phi) is 3.92. The van der Waals surface area contributed by atoms with Gasteiger partial charge in [-0.15, -0.1) is 0 Å². The van der Waals surface area contributed by atoms with Gasteiger partial charge in [-0.2, -0.15) is 0 Å². The fraction of sp³-hybridized carbons (Fsp3) is 0.300. The van der Waals surface area contributed by atoms with Crippen molar-refractivity contribution in [2.45, 2.75) is 25.8 Å². The largest absolute Gasteiger partial charge is 0.484 e. The lowest BCUT2D eigenvalue weighted by Crippen LogP contribution is -2.50. The fourth-order valence-electron chi connectivity index (χ4n) is 3.21.